The van der Waals surface area contributed by atoms with Gasteiger partial charge in [0.15, 0.2) is 0 Å². The maximum atomic E-state index is 13.2. The SMILES string of the molecule is C=C(c1ccc(-c2ccc(NCC3CCN(CC(C)(C)C(F)(F)F)CC3)cc2)cc1)[N+]1(C)CCCC(C)C1. The fourth-order valence-electron chi connectivity index (χ4n) is 6.11. The molecule has 0 spiro atoms. The van der Waals surface area contributed by atoms with Gasteiger partial charge in [0.25, 0.3) is 0 Å². The number of nitrogens with zero attached hydrogens (tertiary/aromatic N) is 2. The standard InChI is InChI=1S/C32H45F3N3/c1-24-7-6-20-38(5,22-24)25(2)27-8-10-28(11-9-27)29-12-14-30(15-13-29)36-21-26-16-18-37(19-17-26)23-31(3,4)32(33,34)35/h8-15,24,26,36H,2,6-7,16-23H2,1,3-5H3/q+1. The Kier molecular flexibility index (Phi) is 8.63. The molecular weight excluding hydrogens is 483 g/mol. The van der Waals surface area contributed by atoms with Crippen molar-refractivity contribution in [2.75, 3.05) is 51.6 Å². The van der Waals surface area contributed by atoms with Crippen LogP contribution in [-0.4, -0.2) is 61.9 Å². The number of piperidine rings is 2. The Balaban J connectivity index is 1.26. The molecule has 2 unspecified atom stereocenters. The summed E-state index contributed by atoms with van der Waals surface area (Å²) in [5.41, 5.74) is 4.21. The number of anilines is 1. The molecule has 2 fully saturated rings. The van der Waals surface area contributed by atoms with Gasteiger partial charge in [0.2, 0.25) is 0 Å². The Hall–Kier alpha value is -2.31. The fourth-order valence-corrected chi connectivity index (χ4v) is 6.11. The third kappa shape index (κ3) is 6.81. The molecule has 0 amide bonds. The van der Waals surface area contributed by atoms with Crippen molar-refractivity contribution in [2.24, 2.45) is 17.3 Å². The van der Waals surface area contributed by atoms with Gasteiger partial charge in [-0.2, -0.15) is 13.2 Å². The van der Waals surface area contributed by atoms with E-state index in [0.29, 0.717) is 5.92 Å². The number of rotatable bonds is 8. The van der Waals surface area contributed by atoms with Crippen LogP contribution in [-0.2, 0) is 0 Å². The molecule has 3 nitrogen and oxygen atoms in total. The van der Waals surface area contributed by atoms with E-state index in [2.05, 4.69) is 74.4 Å². The molecule has 1 N–H and O–H groups in total. The van der Waals surface area contributed by atoms with E-state index in [1.165, 1.54) is 49.1 Å². The van der Waals surface area contributed by atoms with Gasteiger partial charge in [-0.05, 0) is 101 Å². The first-order chi connectivity index (χ1) is 17.9. The molecule has 6 heteroatoms. The van der Waals surface area contributed by atoms with Gasteiger partial charge in [-0.15, -0.1) is 0 Å². The van der Waals surface area contributed by atoms with Crippen LogP contribution in [0.15, 0.2) is 55.1 Å². The number of quaternary nitrogens is 1. The monoisotopic (exact) mass is 528 g/mol. The first-order valence-electron chi connectivity index (χ1n) is 14.1. The lowest BCUT2D eigenvalue weighted by atomic mass is 9.89. The highest BCUT2D eigenvalue weighted by atomic mass is 19.4. The first kappa shape index (κ1) is 28.7. The zero-order chi connectivity index (χ0) is 27.6. The number of likely N-dealkylation sites (tertiary alicyclic amines) is 2. The molecule has 2 aliphatic heterocycles. The van der Waals surface area contributed by atoms with E-state index in [1.807, 2.05) is 4.90 Å². The van der Waals surface area contributed by atoms with E-state index in [0.717, 1.165) is 61.7 Å². The van der Waals surface area contributed by atoms with Gasteiger partial charge in [-0.25, -0.2) is 0 Å². The second kappa shape index (κ2) is 11.4. The van der Waals surface area contributed by atoms with Crippen LogP contribution in [0.3, 0.4) is 0 Å². The second-order valence-electron chi connectivity index (χ2n) is 12.6. The van der Waals surface area contributed by atoms with Gasteiger partial charge >= 0.3 is 6.18 Å². The van der Waals surface area contributed by atoms with Crippen LogP contribution in [0.4, 0.5) is 18.9 Å². The van der Waals surface area contributed by atoms with Crippen LogP contribution in [0.1, 0.15) is 52.0 Å². The third-order valence-electron chi connectivity index (χ3n) is 8.84. The van der Waals surface area contributed by atoms with Crippen molar-refractivity contribution in [2.45, 2.75) is 52.6 Å². The van der Waals surface area contributed by atoms with Crippen LogP contribution >= 0.6 is 0 Å². The summed E-state index contributed by atoms with van der Waals surface area (Å²) in [5, 5.41) is 3.54. The predicted molar refractivity (Wildman–Crippen MR) is 153 cm³/mol. The van der Waals surface area contributed by atoms with Crippen molar-refractivity contribution in [3.8, 4) is 11.1 Å². The predicted octanol–water partition coefficient (Wildman–Crippen LogP) is 7.91. The van der Waals surface area contributed by atoms with Gasteiger partial charge in [-0.3, -0.25) is 4.48 Å². The Labute approximate surface area is 227 Å². The third-order valence-corrected chi connectivity index (χ3v) is 8.84. The van der Waals surface area contributed by atoms with Crippen molar-refractivity contribution in [3.05, 3.63) is 60.7 Å². The van der Waals surface area contributed by atoms with Gasteiger partial charge in [0.05, 0.1) is 25.6 Å². The highest BCUT2D eigenvalue weighted by Crippen LogP contribution is 2.39. The van der Waals surface area contributed by atoms with Crippen molar-refractivity contribution in [3.63, 3.8) is 0 Å². The highest BCUT2D eigenvalue weighted by Gasteiger charge is 2.48. The summed E-state index contributed by atoms with van der Waals surface area (Å²) in [6.07, 6.45) is 0.253. The van der Waals surface area contributed by atoms with Gasteiger partial charge in [0, 0.05) is 30.3 Å². The van der Waals surface area contributed by atoms with Crippen LogP contribution < -0.4 is 5.32 Å². The number of benzene rings is 2. The molecule has 38 heavy (non-hydrogen) atoms. The molecule has 208 valence electrons. The van der Waals surface area contributed by atoms with E-state index in [9.17, 15) is 13.2 Å². The van der Waals surface area contributed by atoms with Crippen LogP contribution in [0.5, 0.6) is 0 Å². The average molecular weight is 529 g/mol. The second-order valence-corrected chi connectivity index (χ2v) is 12.6. The molecule has 0 radical (unpaired) electrons. The van der Waals surface area contributed by atoms with E-state index >= 15 is 0 Å². The lowest BCUT2D eigenvalue weighted by Crippen LogP contribution is -2.48. The molecule has 0 saturated carbocycles. The van der Waals surface area contributed by atoms with Crippen molar-refractivity contribution in [1.29, 1.82) is 0 Å². The minimum Gasteiger partial charge on any atom is -0.385 e. The molecule has 2 atom stereocenters. The zero-order valence-corrected chi connectivity index (χ0v) is 23.6. The lowest BCUT2D eigenvalue weighted by molar-refractivity contribution is -0.848. The van der Waals surface area contributed by atoms with Crippen LogP contribution in [0.25, 0.3) is 16.8 Å². The molecule has 2 aromatic carbocycles. The van der Waals surface area contributed by atoms with Crippen LogP contribution in [0, 0.1) is 17.3 Å². The Morgan fingerprint density at radius 3 is 2.11 bits per heavy atom. The molecule has 2 aromatic rings. The summed E-state index contributed by atoms with van der Waals surface area (Å²) in [4.78, 5) is 1.97. The largest absolute Gasteiger partial charge is 0.395 e. The molecule has 2 saturated heterocycles. The molecule has 0 bridgehead atoms. The van der Waals surface area contributed by atoms with E-state index in [-0.39, 0.29) is 6.54 Å². The summed E-state index contributed by atoms with van der Waals surface area (Å²) in [7, 11) is 2.32. The molecule has 4 rings (SSSR count). The fraction of sp³-hybridized carbons (Fsp3) is 0.562. The van der Waals surface area contributed by atoms with Crippen molar-refractivity contribution < 1.29 is 17.7 Å². The maximum absolute atomic E-state index is 13.2. The number of hydrogen-bond donors (Lipinski definition) is 1. The highest BCUT2D eigenvalue weighted by molar-refractivity contribution is 5.69. The minimum atomic E-state index is -4.17. The van der Waals surface area contributed by atoms with Crippen molar-refractivity contribution >= 4 is 11.4 Å². The van der Waals surface area contributed by atoms with Gasteiger partial charge in [0.1, 0.15) is 5.70 Å². The number of nitrogens with one attached hydrogen (secondary N) is 1. The maximum Gasteiger partial charge on any atom is 0.395 e. The number of hydrogen-bond acceptors (Lipinski definition) is 2. The van der Waals surface area contributed by atoms with E-state index < -0.39 is 11.6 Å². The van der Waals surface area contributed by atoms with Gasteiger partial charge in [-0.1, -0.05) is 31.2 Å². The summed E-state index contributed by atoms with van der Waals surface area (Å²) >= 11 is 0. The van der Waals surface area contributed by atoms with Gasteiger partial charge < -0.3 is 10.2 Å². The summed E-state index contributed by atoms with van der Waals surface area (Å²) in [6, 6.07) is 17.3. The number of alkyl halides is 3. The quantitative estimate of drug-likeness (QED) is 0.350. The normalized spacial score (nSPS) is 23.8. The Morgan fingerprint density at radius 2 is 1.55 bits per heavy atom. The van der Waals surface area contributed by atoms with E-state index in [1.54, 1.807) is 0 Å². The summed E-state index contributed by atoms with van der Waals surface area (Å²) in [5.74, 6) is 1.22. The smallest absolute Gasteiger partial charge is 0.385 e. The lowest BCUT2D eigenvalue weighted by Gasteiger charge is -2.41. The van der Waals surface area contributed by atoms with E-state index in [4.69, 9.17) is 0 Å². The molecule has 2 aliphatic rings. The molecule has 0 aromatic heterocycles. The van der Waals surface area contributed by atoms with Crippen LogP contribution in [0.2, 0.25) is 0 Å². The molecular formula is C32H45F3N3+. The molecule has 2 heterocycles. The Morgan fingerprint density at radius 1 is 0.974 bits per heavy atom. The zero-order valence-electron chi connectivity index (χ0n) is 23.6. The molecule has 0 aliphatic carbocycles. The summed E-state index contributed by atoms with van der Waals surface area (Å²) in [6.45, 7) is 14.1. The topological polar surface area (TPSA) is 15.3 Å². The van der Waals surface area contributed by atoms with Crippen molar-refractivity contribution in [1.82, 2.24) is 4.90 Å². The minimum absolute atomic E-state index is 0.0743. The number of halogens is 3. The Bertz CT molecular complexity index is 1070. The first-order valence-corrected chi connectivity index (χ1v) is 14.1. The average Bonchev–Trinajstić information content (AvgIpc) is 2.87. The summed E-state index contributed by atoms with van der Waals surface area (Å²) < 4.78 is 40.6.